The van der Waals surface area contributed by atoms with Crippen LogP contribution in [0.15, 0.2) is 18.2 Å². The Balaban J connectivity index is 2.26. The summed E-state index contributed by atoms with van der Waals surface area (Å²) in [6.07, 6.45) is 0. The number of ether oxygens (including phenoxy) is 2. The Morgan fingerprint density at radius 1 is 1.33 bits per heavy atom. The fourth-order valence-corrected chi connectivity index (χ4v) is 1.20. The molecule has 0 bridgehead atoms. The van der Waals surface area contributed by atoms with Crippen LogP contribution in [-0.4, -0.2) is 6.79 Å². The van der Waals surface area contributed by atoms with Crippen molar-refractivity contribution in [2.24, 2.45) is 0 Å². The number of rotatable bonds is 2. The van der Waals surface area contributed by atoms with Gasteiger partial charge in [-0.25, -0.2) is 0 Å². The van der Waals surface area contributed by atoms with Gasteiger partial charge in [-0.05, 0) is 17.7 Å². The fourth-order valence-electron chi connectivity index (χ4n) is 1.20. The Hall–Kier alpha value is -1.22. The molecule has 3 nitrogen and oxygen atoms in total. The van der Waals surface area contributed by atoms with Crippen LogP contribution in [0.2, 0.25) is 0 Å². The van der Waals surface area contributed by atoms with Crippen LogP contribution in [0.3, 0.4) is 0 Å². The van der Waals surface area contributed by atoms with Crippen LogP contribution in [0.1, 0.15) is 5.56 Å². The van der Waals surface area contributed by atoms with Crippen molar-refractivity contribution in [1.29, 1.82) is 0 Å². The highest BCUT2D eigenvalue weighted by Crippen LogP contribution is 2.32. The molecule has 0 atom stereocenters. The monoisotopic (exact) mass is 164 g/mol. The summed E-state index contributed by atoms with van der Waals surface area (Å²) in [4.78, 5) is 0. The van der Waals surface area contributed by atoms with E-state index >= 15 is 0 Å². The van der Waals surface area contributed by atoms with Gasteiger partial charge in [-0.2, -0.15) is 0 Å². The number of nitrogens with one attached hydrogen (secondary N) is 1. The molecule has 1 aromatic rings. The van der Waals surface area contributed by atoms with E-state index in [2.05, 4.69) is 12.4 Å². The maximum Gasteiger partial charge on any atom is 0.231 e. The van der Waals surface area contributed by atoms with Crippen molar-refractivity contribution in [2.75, 3.05) is 6.79 Å². The first-order valence-corrected chi connectivity index (χ1v) is 3.78. The maximum absolute atomic E-state index is 5.22. The molecule has 3 heteroatoms. The van der Waals surface area contributed by atoms with Crippen LogP contribution in [0.4, 0.5) is 0 Å². The summed E-state index contributed by atoms with van der Waals surface area (Å²) in [6.45, 7) is 1.08. The van der Waals surface area contributed by atoms with Gasteiger partial charge < -0.3 is 14.8 Å². The predicted octanol–water partition coefficient (Wildman–Crippen LogP) is 1.30. The van der Waals surface area contributed by atoms with E-state index in [9.17, 15) is 0 Å². The van der Waals surface area contributed by atoms with Gasteiger partial charge in [0.2, 0.25) is 6.79 Å². The zero-order valence-electron chi connectivity index (χ0n) is 6.67. The summed E-state index contributed by atoms with van der Waals surface area (Å²) in [7, 11) is 3.55. The molecule has 63 valence electrons. The Morgan fingerprint density at radius 3 is 3.00 bits per heavy atom. The quantitative estimate of drug-likeness (QED) is 0.714. The van der Waals surface area contributed by atoms with Gasteiger partial charge in [-0.3, -0.25) is 0 Å². The van der Waals surface area contributed by atoms with Crippen molar-refractivity contribution in [3.8, 4) is 11.5 Å². The smallest absolute Gasteiger partial charge is 0.231 e. The average molecular weight is 164 g/mol. The first-order chi connectivity index (χ1) is 5.90. The minimum absolute atomic E-state index is 0.330. The number of benzene rings is 1. The summed E-state index contributed by atoms with van der Waals surface area (Å²) in [5, 5.41) is 2.83. The minimum atomic E-state index is 0.330. The fraction of sp³-hybridized carbons (Fsp3) is 0.222. The Bertz CT molecular complexity index is 286. The van der Waals surface area contributed by atoms with Gasteiger partial charge in [0.1, 0.15) is 0 Å². The predicted molar refractivity (Wildman–Crippen MR) is 44.8 cm³/mol. The highest BCUT2D eigenvalue weighted by Gasteiger charge is 2.12. The average Bonchev–Trinajstić information content (AvgIpc) is 2.51. The Morgan fingerprint density at radius 2 is 2.17 bits per heavy atom. The zero-order chi connectivity index (χ0) is 8.39. The van der Waals surface area contributed by atoms with E-state index < -0.39 is 0 Å². The Labute approximate surface area is 71.3 Å². The van der Waals surface area contributed by atoms with Crippen molar-refractivity contribution in [2.45, 2.75) is 6.54 Å². The number of fused-ring (bicyclic) bond motifs is 1. The number of hydrogen-bond donors (Lipinski definition) is 1. The molecule has 0 aromatic heterocycles. The largest absolute Gasteiger partial charge is 0.454 e. The lowest BCUT2D eigenvalue weighted by Gasteiger charge is -2.00. The van der Waals surface area contributed by atoms with Crippen molar-refractivity contribution in [1.82, 2.24) is 5.32 Å². The molecule has 2 rings (SSSR count). The third-order valence-corrected chi connectivity index (χ3v) is 1.77. The molecule has 0 aliphatic carbocycles. The Kier molecular flexibility index (Phi) is 1.87. The van der Waals surface area contributed by atoms with Crippen LogP contribution in [0.5, 0.6) is 11.5 Å². The van der Waals surface area contributed by atoms with Crippen LogP contribution in [0, 0.1) is 7.05 Å². The first-order valence-electron chi connectivity index (χ1n) is 3.78. The highest BCUT2D eigenvalue weighted by atomic mass is 16.7. The van der Waals surface area contributed by atoms with E-state index in [1.54, 1.807) is 0 Å². The minimum Gasteiger partial charge on any atom is -0.454 e. The highest BCUT2D eigenvalue weighted by molar-refractivity contribution is 5.44. The summed E-state index contributed by atoms with van der Waals surface area (Å²) < 4.78 is 10.4. The summed E-state index contributed by atoms with van der Waals surface area (Å²) >= 11 is 0. The second-order valence-electron chi connectivity index (χ2n) is 2.61. The molecule has 1 radical (unpaired) electrons. The van der Waals surface area contributed by atoms with E-state index in [0.717, 1.165) is 23.6 Å². The molecule has 0 saturated carbocycles. The van der Waals surface area contributed by atoms with Gasteiger partial charge in [0, 0.05) is 13.6 Å². The lowest BCUT2D eigenvalue weighted by Crippen LogP contribution is -2.01. The molecule has 0 unspecified atom stereocenters. The molecule has 1 aliphatic rings. The normalized spacial score (nSPS) is 13.4. The molecule has 1 aromatic carbocycles. The van der Waals surface area contributed by atoms with Gasteiger partial charge in [-0.15, -0.1) is 0 Å². The second-order valence-corrected chi connectivity index (χ2v) is 2.61. The van der Waals surface area contributed by atoms with Crippen LogP contribution >= 0.6 is 0 Å². The topological polar surface area (TPSA) is 30.5 Å². The summed E-state index contributed by atoms with van der Waals surface area (Å²) in [5.41, 5.74) is 1.15. The van der Waals surface area contributed by atoms with Gasteiger partial charge in [0.05, 0.1) is 0 Å². The molecule has 1 aliphatic heterocycles. The van der Waals surface area contributed by atoms with Crippen molar-refractivity contribution < 1.29 is 9.47 Å². The van der Waals surface area contributed by atoms with Crippen molar-refractivity contribution >= 4 is 0 Å². The summed E-state index contributed by atoms with van der Waals surface area (Å²) in [6, 6.07) is 5.86. The van der Waals surface area contributed by atoms with E-state index in [4.69, 9.17) is 9.47 Å². The SMILES string of the molecule is [CH2]NCc1ccc2c(c1)OCO2. The molecular formula is C9H10NO2. The molecular weight excluding hydrogens is 154 g/mol. The maximum atomic E-state index is 5.22. The van der Waals surface area contributed by atoms with Gasteiger partial charge in [0.25, 0.3) is 0 Å². The van der Waals surface area contributed by atoms with E-state index in [-0.39, 0.29) is 0 Å². The van der Waals surface area contributed by atoms with E-state index in [0.29, 0.717) is 6.79 Å². The van der Waals surface area contributed by atoms with E-state index in [1.165, 1.54) is 0 Å². The molecule has 1 N–H and O–H groups in total. The number of hydrogen-bond acceptors (Lipinski definition) is 3. The van der Waals surface area contributed by atoms with Gasteiger partial charge in [0.15, 0.2) is 11.5 Å². The third kappa shape index (κ3) is 1.23. The molecule has 12 heavy (non-hydrogen) atoms. The molecule has 1 heterocycles. The van der Waals surface area contributed by atoms with Crippen molar-refractivity contribution in [3.05, 3.63) is 30.8 Å². The zero-order valence-corrected chi connectivity index (χ0v) is 6.67. The molecule has 0 fully saturated rings. The lowest BCUT2D eigenvalue weighted by molar-refractivity contribution is 0.174. The molecule has 0 spiro atoms. The molecule has 0 saturated heterocycles. The summed E-state index contributed by atoms with van der Waals surface area (Å²) in [5.74, 6) is 1.64. The van der Waals surface area contributed by atoms with E-state index in [1.807, 2.05) is 18.2 Å². The van der Waals surface area contributed by atoms with Gasteiger partial charge in [-0.1, -0.05) is 6.07 Å². The van der Waals surface area contributed by atoms with Crippen molar-refractivity contribution in [3.63, 3.8) is 0 Å². The standard InChI is InChI=1S/C9H10NO2/c1-10-5-7-2-3-8-9(4-7)12-6-11-8/h2-4,10H,1,5-6H2. The lowest BCUT2D eigenvalue weighted by atomic mass is 10.2. The van der Waals surface area contributed by atoms with Crippen LogP contribution in [0.25, 0.3) is 0 Å². The van der Waals surface area contributed by atoms with Crippen LogP contribution < -0.4 is 14.8 Å². The van der Waals surface area contributed by atoms with Gasteiger partial charge >= 0.3 is 0 Å². The first kappa shape index (κ1) is 7.43. The molecule has 0 amide bonds. The van der Waals surface area contributed by atoms with Crippen LogP contribution in [-0.2, 0) is 6.54 Å². The third-order valence-electron chi connectivity index (χ3n) is 1.77. The second kappa shape index (κ2) is 3.03.